The van der Waals surface area contributed by atoms with Crippen molar-refractivity contribution in [1.29, 1.82) is 0 Å². The van der Waals surface area contributed by atoms with Crippen LogP contribution in [0.4, 0.5) is 5.69 Å². The summed E-state index contributed by atoms with van der Waals surface area (Å²) in [4.78, 5) is 16.5. The molecule has 0 saturated carbocycles. The Morgan fingerprint density at radius 1 is 1.09 bits per heavy atom. The molecule has 0 amide bonds. The van der Waals surface area contributed by atoms with Crippen LogP contribution in [0.5, 0.6) is 0 Å². The van der Waals surface area contributed by atoms with Gasteiger partial charge in [0.05, 0.1) is 21.2 Å². The van der Waals surface area contributed by atoms with Crippen molar-refractivity contribution in [3.8, 4) is 0 Å². The number of non-ortho nitro benzene ring substituents is 1. The Morgan fingerprint density at radius 2 is 1.91 bits per heavy atom. The Morgan fingerprint density at radius 3 is 2.72 bits per heavy atom. The maximum Gasteiger partial charge on any atom is 0.270 e. The minimum absolute atomic E-state index is 0.0196. The van der Waals surface area contributed by atoms with E-state index in [1.807, 2.05) is 6.07 Å². The number of hydrogen-bond donors (Lipinski definition) is 1. The number of nitrogens with zero attached hydrogens (tertiary/aromatic N) is 2. The van der Waals surface area contributed by atoms with Gasteiger partial charge in [0.1, 0.15) is 5.01 Å². The molecule has 4 rings (SSSR count). The van der Waals surface area contributed by atoms with E-state index in [0.29, 0.717) is 0 Å². The van der Waals surface area contributed by atoms with Gasteiger partial charge in [-0.25, -0.2) is 9.71 Å². The first-order chi connectivity index (χ1) is 15.5. The van der Waals surface area contributed by atoms with Crippen LogP contribution in [0.3, 0.4) is 0 Å². The zero-order valence-corrected chi connectivity index (χ0v) is 19.7. The smallest absolute Gasteiger partial charge is 0.258 e. The quantitative estimate of drug-likeness (QED) is 0.164. The van der Waals surface area contributed by atoms with E-state index in [2.05, 4.69) is 61.0 Å². The molecule has 0 saturated heterocycles. The predicted molar refractivity (Wildman–Crippen MR) is 133 cm³/mol. The van der Waals surface area contributed by atoms with Gasteiger partial charge >= 0.3 is 0 Å². The summed E-state index contributed by atoms with van der Waals surface area (Å²) in [5.74, 6) is 0. The standard InChI is InChI=1S/C25H25N3O2S2/c1-3-6-18-7-4-8-19(14-18)15-23(25-26-22-12-11-17(2)13-24(22)31-25)27-32-21-10-5-9-20(16-21)28(29)30/h4-5,7-14,16,23,27H,3,6,15H2,1-2H3. The van der Waals surface area contributed by atoms with Gasteiger partial charge in [-0.2, -0.15) is 0 Å². The molecule has 1 atom stereocenters. The molecule has 0 spiro atoms. The first-order valence-corrected chi connectivity index (χ1v) is 12.3. The fraction of sp³-hybridized carbons (Fsp3) is 0.240. The van der Waals surface area contributed by atoms with Crippen molar-refractivity contribution in [2.24, 2.45) is 0 Å². The number of nitrogens with one attached hydrogen (secondary N) is 1. The van der Waals surface area contributed by atoms with Crippen LogP contribution < -0.4 is 4.72 Å². The van der Waals surface area contributed by atoms with Crippen LogP contribution in [0, 0.1) is 17.0 Å². The number of nitro groups is 1. The predicted octanol–water partition coefficient (Wildman–Crippen LogP) is 7.05. The van der Waals surface area contributed by atoms with Gasteiger partial charge in [0.25, 0.3) is 5.69 Å². The van der Waals surface area contributed by atoms with Crippen molar-refractivity contribution in [2.45, 2.75) is 44.0 Å². The van der Waals surface area contributed by atoms with E-state index >= 15 is 0 Å². The third-order valence-corrected chi connectivity index (χ3v) is 7.20. The van der Waals surface area contributed by atoms with Gasteiger partial charge < -0.3 is 0 Å². The van der Waals surface area contributed by atoms with Crippen molar-refractivity contribution >= 4 is 39.2 Å². The molecule has 4 aromatic rings. The summed E-state index contributed by atoms with van der Waals surface area (Å²) in [6, 6.07) is 21.7. The number of aromatic nitrogens is 1. The van der Waals surface area contributed by atoms with E-state index in [0.717, 1.165) is 34.7 Å². The van der Waals surface area contributed by atoms with Crippen molar-refractivity contribution < 1.29 is 4.92 Å². The van der Waals surface area contributed by atoms with E-state index in [9.17, 15) is 10.1 Å². The van der Waals surface area contributed by atoms with Crippen LogP contribution in [0.1, 0.15) is 41.1 Å². The van der Waals surface area contributed by atoms with Crippen LogP contribution >= 0.6 is 23.3 Å². The number of thiazole rings is 1. The Kier molecular flexibility index (Phi) is 7.19. The van der Waals surface area contributed by atoms with Gasteiger partial charge in [0.15, 0.2) is 0 Å². The van der Waals surface area contributed by atoms with Crippen molar-refractivity contribution in [1.82, 2.24) is 9.71 Å². The van der Waals surface area contributed by atoms with E-state index in [1.54, 1.807) is 23.5 Å². The van der Waals surface area contributed by atoms with Crippen LogP contribution in [-0.4, -0.2) is 9.91 Å². The van der Waals surface area contributed by atoms with Crippen LogP contribution in [0.2, 0.25) is 0 Å². The van der Waals surface area contributed by atoms with Gasteiger partial charge in [-0.1, -0.05) is 49.7 Å². The molecule has 0 bridgehead atoms. The van der Waals surface area contributed by atoms with Crippen LogP contribution in [0.15, 0.2) is 71.6 Å². The van der Waals surface area contributed by atoms with Crippen molar-refractivity contribution in [3.05, 3.63) is 98.5 Å². The molecule has 5 nitrogen and oxygen atoms in total. The molecule has 3 aromatic carbocycles. The third-order valence-electron chi connectivity index (χ3n) is 5.18. The molecule has 0 radical (unpaired) electrons. The first-order valence-electron chi connectivity index (χ1n) is 10.6. The van der Waals surface area contributed by atoms with Crippen LogP contribution in [-0.2, 0) is 12.8 Å². The Hall–Kier alpha value is -2.74. The number of benzene rings is 3. The number of hydrogen-bond acceptors (Lipinski definition) is 6. The molecule has 164 valence electrons. The second kappa shape index (κ2) is 10.3. The second-order valence-electron chi connectivity index (χ2n) is 7.82. The normalized spacial score (nSPS) is 12.2. The number of aryl methyl sites for hydroxylation is 2. The molecule has 0 aliphatic rings. The van der Waals surface area contributed by atoms with E-state index in [4.69, 9.17) is 4.98 Å². The van der Waals surface area contributed by atoms with Gasteiger partial charge in [-0.15, -0.1) is 11.3 Å². The summed E-state index contributed by atoms with van der Waals surface area (Å²) in [6.07, 6.45) is 2.97. The summed E-state index contributed by atoms with van der Waals surface area (Å²) in [7, 11) is 0. The minimum Gasteiger partial charge on any atom is -0.258 e. The lowest BCUT2D eigenvalue weighted by Crippen LogP contribution is -2.17. The summed E-state index contributed by atoms with van der Waals surface area (Å²) >= 11 is 3.12. The maximum atomic E-state index is 11.1. The minimum atomic E-state index is -0.364. The average Bonchev–Trinajstić information content (AvgIpc) is 3.20. The Labute approximate surface area is 196 Å². The third kappa shape index (κ3) is 5.54. The Balaban J connectivity index is 1.61. The monoisotopic (exact) mass is 463 g/mol. The molecule has 0 fully saturated rings. The molecular weight excluding hydrogens is 438 g/mol. The molecule has 0 aliphatic heterocycles. The highest BCUT2D eigenvalue weighted by Crippen LogP contribution is 2.32. The lowest BCUT2D eigenvalue weighted by molar-refractivity contribution is -0.385. The summed E-state index contributed by atoms with van der Waals surface area (Å²) in [6.45, 7) is 4.28. The topological polar surface area (TPSA) is 68.1 Å². The summed E-state index contributed by atoms with van der Waals surface area (Å²) < 4.78 is 4.71. The lowest BCUT2D eigenvalue weighted by Gasteiger charge is -2.16. The summed E-state index contributed by atoms with van der Waals surface area (Å²) in [5.41, 5.74) is 4.91. The largest absolute Gasteiger partial charge is 0.270 e. The van der Waals surface area contributed by atoms with Crippen LogP contribution in [0.25, 0.3) is 10.2 Å². The van der Waals surface area contributed by atoms with Crippen molar-refractivity contribution in [3.63, 3.8) is 0 Å². The summed E-state index contributed by atoms with van der Waals surface area (Å²) in [5, 5.41) is 12.2. The zero-order valence-electron chi connectivity index (χ0n) is 18.1. The van der Waals surface area contributed by atoms with E-state index in [-0.39, 0.29) is 16.7 Å². The first kappa shape index (κ1) is 22.5. The molecule has 1 N–H and O–H groups in total. The lowest BCUT2D eigenvalue weighted by atomic mass is 10.0. The fourth-order valence-electron chi connectivity index (χ4n) is 3.61. The molecular formula is C25H25N3O2S2. The average molecular weight is 464 g/mol. The highest BCUT2D eigenvalue weighted by Gasteiger charge is 2.18. The van der Waals surface area contributed by atoms with E-state index in [1.165, 1.54) is 39.4 Å². The molecule has 32 heavy (non-hydrogen) atoms. The zero-order chi connectivity index (χ0) is 22.5. The number of rotatable bonds is 9. The molecule has 0 aliphatic carbocycles. The van der Waals surface area contributed by atoms with Gasteiger partial charge in [-0.3, -0.25) is 10.1 Å². The highest BCUT2D eigenvalue weighted by atomic mass is 32.2. The molecule has 1 aromatic heterocycles. The SMILES string of the molecule is CCCc1cccc(CC(NSc2cccc([N+](=O)[O-])c2)c2nc3ccc(C)cc3s2)c1. The Bertz CT molecular complexity index is 1240. The number of fused-ring (bicyclic) bond motifs is 1. The second-order valence-corrected chi connectivity index (χ2v) is 9.80. The maximum absolute atomic E-state index is 11.1. The van der Waals surface area contributed by atoms with Crippen molar-refractivity contribution in [2.75, 3.05) is 0 Å². The molecule has 1 heterocycles. The highest BCUT2D eigenvalue weighted by molar-refractivity contribution is 7.97. The van der Waals surface area contributed by atoms with E-state index < -0.39 is 0 Å². The van der Waals surface area contributed by atoms with Gasteiger partial charge in [0, 0.05) is 17.0 Å². The fourth-order valence-corrected chi connectivity index (χ4v) is 5.61. The van der Waals surface area contributed by atoms with Gasteiger partial charge in [0.2, 0.25) is 0 Å². The van der Waals surface area contributed by atoms with Gasteiger partial charge in [-0.05, 0) is 66.6 Å². The molecule has 7 heteroatoms. The number of nitro benzene ring substituents is 1. The molecule has 1 unspecified atom stereocenters.